The van der Waals surface area contributed by atoms with E-state index in [1.165, 1.54) is 4.88 Å². The molecule has 2 aromatic rings. The minimum atomic E-state index is -0.179. The number of benzene rings is 1. The second-order valence-electron chi connectivity index (χ2n) is 4.86. The lowest BCUT2D eigenvalue weighted by molar-refractivity contribution is 0.575. The number of halogens is 1. The van der Waals surface area contributed by atoms with Crippen LogP contribution in [-0.4, -0.2) is 12.0 Å². The Balaban J connectivity index is 2.24. The third kappa shape index (κ3) is 3.39. The minimum Gasteiger partial charge on any atom is -0.313 e. The summed E-state index contributed by atoms with van der Waals surface area (Å²) in [4.78, 5) is 5.80. The van der Waals surface area contributed by atoms with E-state index in [-0.39, 0.29) is 11.9 Å². The SMILES string of the molecule is CNC(Cc1nc(C)c(C)s1)c1cc(C)cc(F)c1. The summed E-state index contributed by atoms with van der Waals surface area (Å²) in [5.41, 5.74) is 3.01. The van der Waals surface area contributed by atoms with Crippen molar-refractivity contribution in [3.8, 4) is 0 Å². The van der Waals surface area contributed by atoms with Crippen LogP contribution < -0.4 is 5.32 Å². The highest BCUT2D eigenvalue weighted by Gasteiger charge is 2.14. The highest BCUT2D eigenvalue weighted by molar-refractivity contribution is 7.11. The van der Waals surface area contributed by atoms with Gasteiger partial charge in [-0.1, -0.05) is 6.07 Å². The van der Waals surface area contributed by atoms with Crippen molar-refractivity contribution in [3.05, 3.63) is 50.7 Å². The van der Waals surface area contributed by atoms with E-state index in [2.05, 4.69) is 17.2 Å². The predicted octanol–water partition coefficient (Wildman–Crippen LogP) is 3.71. The molecule has 0 bridgehead atoms. The zero-order chi connectivity index (χ0) is 14.0. The summed E-state index contributed by atoms with van der Waals surface area (Å²) >= 11 is 1.72. The standard InChI is InChI=1S/C15H19FN2S/c1-9-5-12(7-13(16)6-9)14(17-4)8-15-18-10(2)11(3)19-15/h5-7,14,17H,8H2,1-4H3. The highest BCUT2D eigenvalue weighted by Crippen LogP contribution is 2.24. The molecule has 0 radical (unpaired) electrons. The molecule has 0 saturated carbocycles. The number of likely N-dealkylation sites (N-methyl/N-ethyl adjacent to an activating group) is 1. The van der Waals surface area contributed by atoms with Gasteiger partial charge in [0.25, 0.3) is 0 Å². The lowest BCUT2D eigenvalue weighted by atomic mass is 10.0. The summed E-state index contributed by atoms with van der Waals surface area (Å²) in [6.45, 7) is 6.02. The Labute approximate surface area is 117 Å². The van der Waals surface area contributed by atoms with Crippen LogP contribution in [0, 0.1) is 26.6 Å². The molecule has 0 aliphatic rings. The zero-order valence-corrected chi connectivity index (χ0v) is 12.6. The fourth-order valence-electron chi connectivity index (χ4n) is 2.15. The Bertz CT molecular complexity index is 538. The van der Waals surface area contributed by atoms with Crippen LogP contribution in [0.3, 0.4) is 0 Å². The van der Waals surface area contributed by atoms with E-state index in [1.54, 1.807) is 23.5 Å². The normalized spacial score (nSPS) is 12.7. The van der Waals surface area contributed by atoms with Gasteiger partial charge in [-0.25, -0.2) is 9.37 Å². The Morgan fingerprint density at radius 2 is 2.00 bits per heavy atom. The third-order valence-corrected chi connectivity index (χ3v) is 4.36. The largest absolute Gasteiger partial charge is 0.313 e. The van der Waals surface area contributed by atoms with Crippen molar-refractivity contribution >= 4 is 11.3 Å². The lowest BCUT2D eigenvalue weighted by Crippen LogP contribution is -2.19. The van der Waals surface area contributed by atoms with Crippen molar-refractivity contribution in [2.45, 2.75) is 33.2 Å². The Morgan fingerprint density at radius 1 is 1.26 bits per heavy atom. The number of hydrogen-bond acceptors (Lipinski definition) is 3. The minimum absolute atomic E-state index is 0.0966. The molecule has 2 nitrogen and oxygen atoms in total. The van der Waals surface area contributed by atoms with Crippen LogP contribution in [0.1, 0.15) is 32.7 Å². The van der Waals surface area contributed by atoms with Gasteiger partial charge in [-0.2, -0.15) is 0 Å². The van der Waals surface area contributed by atoms with Crippen molar-refractivity contribution in [3.63, 3.8) is 0 Å². The van der Waals surface area contributed by atoms with Gasteiger partial charge in [-0.3, -0.25) is 0 Å². The second kappa shape index (κ2) is 5.80. The molecule has 19 heavy (non-hydrogen) atoms. The fourth-order valence-corrected chi connectivity index (χ4v) is 3.13. The van der Waals surface area contributed by atoms with Crippen molar-refractivity contribution in [2.24, 2.45) is 0 Å². The molecule has 1 aromatic carbocycles. The summed E-state index contributed by atoms with van der Waals surface area (Å²) in [6.07, 6.45) is 0.790. The van der Waals surface area contributed by atoms with Gasteiger partial charge in [0.05, 0.1) is 10.7 Å². The summed E-state index contributed by atoms with van der Waals surface area (Å²) in [5.74, 6) is -0.179. The monoisotopic (exact) mass is 278 g/mol. The van der Waals surface area contributed by atoms with Crippen molar-refractivity contribution in [1.82, 2.24) is 10.3 Å². The molecule has 1 heterocycles. The van der Waals surface area contributed by atoms with Crippen LogP contribution in [-0.2, 0) is 6.42 Å². The summed E-state index contributed by atoms with van der Waals surface area (Å²) < 4.78 is 13.5. The van der Waals surface area contributed by atoms with Crippen LogP contribution in [0.25, 0.3) is 0 Å². The van der Waals surface area contributed by atoms with Gasteiger partial charge in [0.15, 0.2) is 0 Å². The van der Waals surface area contributed by atoms with Gasteiger partial charge < -0.3 is 5.32 Å². The number of nitrogens with one attached hydrogen (secondary N) is 1. The Kier molecular flexibility index (Phi) is 4.32. The Morgan fingerprint density at radius 3 is 2.53 bits per heavy atom. The van der Waals surface area contributed by atoms with E-state index in [1.807, 2.05) is 27.0 Å². The molecule has 1 unspecified atom stereocenters. The number of hydrogen-bond donors (Lipinski definition) is 1. The molecule has 0 spiro atoms. The molecule has 1 N–H and O–H groups in total. The first kappa shape index (κ1) is 14.2. The maximum absolute atomic E-state index is 13.5. The fraction of sp³-hybridized carbons (Fsp3) is 0.400. The smallest absolute Gasteiger partial charge is 0.123 e. The average Bonchev–Trinajstić information content (AvgIpc) is 2.64. The average molecular weight is 278 g/mol. The molecule has 0 saturated heterocycles. The maximum Gasteiger partial charge on any atom is 0.123 e. The van der Waals surface area contributed by atoms with Crippen molar-refractivity contribution in [1.29, 1.82) is 0 Å². The molecule has 1 atom stereocenters. The number of rotatable bonds is 4. The molecule has 0 aliphatic carbocycles. The summed E-state index contributed by atoms with van der Waals surface area (Å²) in [5, 5.41) is 4.34. The van der Waals surface area contributed by atoms with Crippen LogP contribution in [0.5, 0.6) is 0 Å². The van der Waals surface area contributed by atoms with E-state index in [0.29, 0.717) is 0 Å². The number of aromatic nitrogens is 1. The quantitative estimate of drug-likeness (QED) is 0.922. The van der Waals surface area contributed by atoms with Crippen LogP contribution in [0.4, 0.5) is 4.39 Å². The van der Waals surface area contributed by atoms with Gasteiger partial charge in [-0.05, 0) is 51.1 Å². The van der Waals surface area contributed by atoms with E-state index >= 15 is 0 Å². The first-order valence-corrected chi connectivity index (χ1v) is 7.18. The predicted molar refractivity (Wildman–Crippen MR) is 78.2 cm³/mol. The van der Waals surface area contributed by atoms with Gasteiger partial charge in [-0.15, -0.1) is 11.3 Å². The van der Waals surface area contributed by atoms with Gasteiger partial charge in [0, 0.05) is 17.3 Å². The molecule has 1 aromatic heterocycles. The molecule has 0 fully saturated rings. The van der Waals surface area contributed by atoms with E-state index in [9.17, 15) is 4.39 Å². The first-order chi connectivity index (χ1) is 8.99. The summed E-state index contributed by atoms with van der Waals surface area (Å²) in [7, 11) is 1.90. The second-order valence-corrected chi connectivity index (χ2v) is 6.14. The van der Waals surface area contributed by atoms with Gasteiger partial charge >= 0.3 is 0 Å². The van der Waals surface area contributed by atoms with E-state index < -0.39 is 0 Å². The van der Waals surface area contributed by atoms with Gasteiger partial charge in [0.2, 0.25) is 0 Å². The highest BCUT2D eigenvalue weighted by atomic mass is 32.1. The van der Waals surface area contributed by atoms with Crippen molar-refractivity contribution in [2.75, 3.05) is 7.05 Å². The lowest BCUT2D eigenvalue weighted by Gasteiger charge is -2.16. The molecular weight excluding hydrogens is 259 g/mol. The first-order valence-electron chi connectivity index (χ1n) is 6.37. The molecule has 2 rings (SSSR count). The zero-order valence-electron chi connectivity index (χ0n) is 11.7. The van der Waals surface area contributed by atoms with Crippen LogP contribution in [0.15, 0.2) is 18.2 Å². The number of thiazole rings is 1. The molecule has 0 amide bonds. The van der Waals surface area contributed by atoms with E-state index in [0.717, 1.165) is 28.2 Å². The molecule has 0 aliphatic heterocycles. The molecule has 102 valence electrons. The maximum atomic E-state index is 13.5. The molecular formula is C15H19FN2S. The number of aryl methyl sites for hydroxylation is 3. The van der Waals surface area contributed by atoms with Crippen LogP contribution >= 0.6 is 11.3 Å². The topological polar surface area (TPSA) is 24.9 Å². The van der Waals surface area contributed by atoms with E-state index in [4.69, 9.17) is 0 Å². The van der Waals surface area contributed by atoms with Crippen molar-refractivity contribution < 1.29 is 4.39 Å². The molecule has 4 heteroatoms. The Hall–Kier alpha value is -1.26. The summed E-state index contributed by atoms with van der Waals surface area (Å²) in [6, 6.07) is 5.27. The van der Waals surface area contributed by atoms with Gasteiger partial charge in [0.1, 0.15) is 5.82 Å². The third-order valence-electron chi connectivity index (χ3n) is 3.27. The van der Waals surface area contributed by atoms with Crippen LogP contribution in [0.2, 0.25) is 0 Å². The number of nitrogens with zero attached hydrogens (tertiary/aromatic N) is 1.